The molecule has 0 aromatic heterocycles. The predicted octanol–water partition coefficient (Wildman–Crippen LogP) is 4.97. The Morgan fingerprint density at radius 1 is 0.362 bits per heavy atom. The fourth-order valence-corrected chi connectivity index (χ4v) is 10.7. The highest BCUT2D eigenvalue weighted by Gasteiger charge is 2.34. The summed E-state index contributed by atoms with van der Waals surface area (Å²) >= 11 is 0. The van der Waals surface area contributed by atoms with Crippen LogP contribution in [0.3, 0.4) is 0 Å². The lowest BCUT2D eigenvalue weighted by atomic mass is 9.86. The van der Waals surface area contributed by atoms with Crippen LogP contribution < -0.4 is 32.3 Å². The van der Waals surface area contributed by atoms with Crippen LogP contribution in [0, 0.1) is 17.8 Å². The van der Waals surface area contributed by atoms with E-state index < -0.39 is 148 Å². The molecule has 0 bridgehead atoms. The van der Waals surface area contributed by atoms with Gasteiger partial charge in [0.15, 0.2) is 28.9 Å². The monoisotopic (exact) mass is 1340 g/mol. The Kier molecular flexibility index (Phi) is 47.7. The first-order valence-corrected chi connectivity index (χ1v) is 35.7. The van der Waals surface area contributed by atoms with Crippen LogP contribution in [-0.2, 0) is 91.0 Å². The molecular formula is C67H108BN6O19P. The zero-order chi connectivity index (χ0) is 71.3. The summed E-state index contributed by atoms with van der Waals surface area (Å²) in [7, 11) is 4.76. The van der Waals surface area contributed by atoms with E-state index in [1.807, 2.05) is 0 Å². The molecule has 7 N–H and O–H groups in total. The van der Waals surface area contributed by atoms with Crippen LogP contribution in [0.25, 0.3) is 0 Å². The first-order chi connectivity index (χ1) is 44.5. The standard InChI is InChI=1S/C67H108BN6O19P/c1-10-46(75)21-18-43(57(81)14-5)38-50(79)25-29-55(61(85)40-44(58(82)15-6)19-22-47(76)11-2)72-64(88)31-20-45(39-51(80)41-93-37-36-92-35-34-70-63(87)32-26-52(69)62(86)42-94(9)68)66(90)74-56(67(91)73-54(60(84)17-8)28-24-49(78)13-4)30-33-65(89)71-53(59(83)16-7)27-23-48(77)12-3/h43-45,52-56H,10-42,69H2,1-9H3,(H,70,87)(H,71,89)(H,72,88)(H,73,91)(H,74,90). The Bertz CT molecular complexity index is 2540. The molecule has 27 heteroatoms. The van der Waals surface area contributed by atoms with Gasteiger partial charge in [0, 0.05) is 152 Å². The second-order valence-electron chi connectivity index (χ2n) is 23.8. The van der Waals surface area contributed by atoms with Crippen molar-refractivity contribution >= 4 is 114 Å². The summed E-state index contributed by atoms with van der Waals surface area (Å²) in [6.45, 7) is 14.2. The minimum atomic E-state index is -1.61. The van der Waals surface area contributed by atoms with E-state index in [1.165, 1.54) is 0 Å². The number of rotatable bonds is 60. The zero-order valence-electron chi connectivity index (χ0n) is 57.3. The van der Waals surface area contributed by atoms with E-state index in [2.05, 4.69) is 26.6 Å². The van der Waals surface area contributed by atoms with Crippen LogP contribution in [0.4, 0.5) is 0 Å². The van der Waals surface area contributed by atoms with Gasteiger partial charge in [0.2, 0.25) is 29.5 Å². The van der Waals surface area contributed by atoms with E-state index in [0.717, 1.165) is 0 Å². The first kappa shape index (κ1) is 87.8. The van der Waals surface area contributed by atoms with Gasteiger partial charge in [-0.05, 0) is 51.4 Å². The number of hydrogen-bond acceptors (Lipinski definition) is 20. The van der Waals surface area contributed by atoms with Crippen molar-refractivity contribution in [3.05, 3.63) is 0 Å². The number of ketones is 12. The fourth-order valence-electron chi connectivity index (χ4n) is 9.99. The Morgan fingerprint density at radius 2 is 0.745 bits per heavy atom. The Labute approximate surface area is 557 Å². The quantitative estimate of drug-likeness (QED) is 0.0266. The summed E-state index contributed by atoms with van der Waals surface area (Å²) in [4.78, 5) is 224. The van der Waals surface area contributed by atoms with Crippen molar-refractivity contribution in [3.63, 3.8) is 0 Å². The molecule has 0 fully saturated rings. The Balaban J connectivity index is 7.16. The van der Waals surface area contributed by atoms with E-state index >= 15 is 0 Å². The van der Waals surface area contributed by atoms with Crippen molar-refractivity contribution in [1.82, 2.24) is 26.6 Å². The van der Waals surface area contributed by atoms with Crippen molar-refractivity contribution in [3.8, 4) is 0 Å². The molecule has 9 atom stereocenters. The van der Waals surface area contributed by atoms with Gasteiger partial charge in [-0.1, -0.05) is 62.1 Å². The maximum atomic E-state index is 14.7. The molecule has 0 aromatic carbocycles. The third-order valence-corrected chi connectivity index (χ3v) is 17.0. The average Bonchev–Trinajstić information content (AvgIpc) is 1.03. The zero-order valence-corrected chi connectivity index (χ0v) is 58.2. The van der Waals surface area contributed by atoms with Gasteiger partial charge in [-0.15, -0.1) is 0 Å². The predicted molar refractivity (Wildman–Crippen MR) is 354 cm³/mol. The first-order valence-electron chi connectivity index (χ1n) is 33.6. The molecule has 0 aromatic rings. The van der Waals surface area contributed by atoms with Crippen molar-refractivity contribution < 1.29 is 91.0 Å². The summed E-state index contributed by atoms with van der Waals surface area (Å²) in [5.41, 5.74) is 5.90. The lowest BCUT2D eigenvalue weighted by Crippen LogP contribution is -2.53. The van der Waals surface area contributed by atoms with Gasteiger partial charge in [-0.25, -0.2) is 0 Å². The van der Waals surface area contributed by atoms with Crippen molar-refractivity contribution in [1.29, 1.82) is 0 Å². The maximum Gasteiger partial charge on any atom is 0.243 e. The summed E-state index contributed by atoms with van der Waals surface area (Å²) < 4.78 is 11.1. The second-order valence-corrected chi connectivity index (χ2v) is 25.6. The number of amides is 5. The van der Waals surface area contributed by atoms with Gasteiger partial charge < -0.3 is 41.8 Å². The molecule has 0 saturated carbocycles. The van der Waals surface area contributed by atoms with Gasteiger partial charge in [-0.2, -0.15) is 7.80 Å². The van der Waals surface area contributed by atoms with Crippen molar-refractivity contribution in [2.75, 3.05) is 45.8 Å². The summed E-state index contributed by atoms with van der Waals surface area (Å²) in [6, 6.07) is -6.07. The third kappa shape index (κ3) is 39.6. The number of Topliss-reactive ketones (excluding diaryl/α,β-unsaturated/α-hetero) is 12. The average molecular weight is 1340 g/mol. The molecule has 9 unspecified atom stereocenters. The molecule has 0 aliphatic carbocycles. The number of carbonyl (C=O) groups excluding carboxylic acids is 17. The third-order valence-electron chi connectivity index (χ3n) is 16.2. The topological polar surface area (TPSA) is 395 Å². The largest absolute Gasteiger partial charge is 0.377 e. The van der Waals surface area contributed by atoms with Crippen molar-refractivity contribution in [2.24, 2.45) is 23.5 Å². The normalized spacial score (nSPS) is 14.0. The molecule has 0 aliphatic rings. The summed E-state index contributed by atoms with van der Waals surface area (Å²) in [5.74, 6) is -10.7. The highest BCUT2D eigenvalue weighted by atomic mass is 31.1. The van der Waals surface area contributed by atoms with E-state index in [4.69, 9.17) is 22.8 Å². The van der Waals surface area contributed by atoms with Gasteiger partial charge in [-0.3, -0.25) is 81.5 Å². The number of carbonyl (C=O) groups is 17. The van der Waals surface area contributed by atoms with Crippen molar-refractivity contribution in [2.45, 2.75) is 259 Å². The lowest BCUT2D eigenvalue weighted by Gasteiger charge is -2.25. The molecule has 25 nitrogen and oxygen atoms in total. The number of ether oxygens (including phenoxy) is 2. The number of hydrogen-bond donors (Lipinski definition) is 6. The van der Waals surface area contributed by atoms with Crippen LogP contribution >= 0.6 is 7.80 Å². The molecule has 0 aliphatic heterocycles. The van der Waals surface area contributed by atoms with E-state index in [1.54, 1.807) is 62.1 Å². The fraction of sp³-hybridized carbons (Fsp3) is 0.746. The molecule has 5 amide bonds. The highest BCUT2D eigenvalue weighted by Crippen LogP contribution is 2.24. The van der Waals surface area contributed by atoms with E-state index in [-0.39, 0.29) is 220 Å². The van der Waals surface area contributed by atoms with Gasteiger partial charge >= 0.3 is 0 Å². The maximum absolute atomic E-state index is 14.7. The molecule has 2 radical (unpaired) electrons. The van der Waals surface area contributed by atoms with Crippen LogP contribution in [0.1, 0.15) is 229 Å². The van der Waals surface area contributed by atoms with Crippen LogP contribution in [0.15, 0.2) is 0 Å². The highest BCUT2D eigenvalue weighted by molar-refractivity contribution is 7.82. The van der Waals surface area contributed by atoms with E-state index in [0.29, 0.717) is 0 Å². The van der Waals surface area contributed by atoms with Gasteiger partial charge in [0.05, 0.1) is 44.0 Å². The van der Waals surface area contributed by atoms with Crippen LogP contribution in [0.2, 0.25) is 0 Å². The molecule has 0 spiro atoms. The Morgan fingerprint density at radius 3 is 1.22 bits per heavy atom. The van der Waals surface area contributed by atoms with Crippen LogP contribution in [-0.4, -0.2) is 183 Å². The summed E-state index contributed by atoms with van der Waals surface area (Å²) in [5, 5.41) is 13.1. The molecule has 0 heterocycles. The SMILES string of the molecule is [B]P(C)CC(=O)C(N)CCC(=O)NCCOCCOCC(=O)CC(CCC(=O)NC(CCC(=O)CC(CCC(=O)CC)C(=O)CC)C(=O)CC(CCC(=O)CC)C(=O)CC)C(=O)NC(CCC(=O)NC(CCC(=O)CC)C(=O)CC)C(=O)NC(CCC(=O)CC)C(=O)CC. The lowest BCUT2D eigenvalue weighted by molar-refractivity contribution is -0.136. The minimum Gasteiger partial charge on any atom is -0.377 e. The second kappa shape index (κ2) is 51.1. The number of nitrogens with two attached hydrogens (primary N) is 1. The molecule has 0 rings (SSSR count). The molecule has 528 valence electrons. The summed E-state index contributed by atoms with van der Waals surface area (Å²) in [6.07, 6.45) is -2.32. The molecular weight excluding hydrogens is 1230 g/mol. The molecule has 94 heavy (non-hydrogen) atoms. The van der Waals surface area contributed by atoms with Gasteiger partial charge in [0.25, 0.3) is 0 Å². The smallest absolute Gasteiger partial charge is 0.243 e. The number of nitrogens with one attached hydrogen (secondary N) is 5. The van der Waals surface area contributed by atoms with Gasteiger partial charge in [0.1, 0.15) is 60.7 Å². The molecule has 0 saturated heterocycles. The van der Waals surface area contributed by atoms with E-state index in [9.17, 15) is 81.5 Å². The minimum absolute atomic E-state index is 0.000415. The van der Waals surface area contributed by atoms with Crippen LogP contribution in [0.5, 0.6) is 0 Å². The Hall–Kier alpha value is -6.24.